The van der Waals surface area contributed by atoms with E-state index in [2.05, 4.69) is 15.3 Å². The standard InChI is InChI=1S/C11H15N3O4/c1-2-18-7-3-4-8(15)14-10-9(11(16)17)12-5-6-13-10/h5-6H,2-4,7H2,1H3,(H,16,17)(H,13,14,15). The van der Waals surface area contributed by atoms with E-state index in [-0.39, 0.29) is 23.8 Å². The maximum absolute atomic E-state index is 11.5. The molecular weight excluding hydrogens is 238 g/mol. The van der Waals surface area contributed by atoms with Gasteiger partial charge in [0.05, 0.1) is 0 Å². The number of carboxylic acid groups (broad SMARTS) is 1. The zero-order valence-corrected chi connectivity index (χ0v) is 10.0. The van der Waals surface area contributed by atoms with Crippen LogP contribution in [0.4, 0.5) is 5.82 Å². The van der Waals surface area contributed by atoms with Gasteiger partial charge in [0.1, 0.15) is 0 Å². The SMILES string of the molecule is CCOCCCC(=O)Nc1nccnc1C(=O)O. The summed E-state index contributed by atoms with van der Waals surface area (Å²) in [7, 11) is 0. The number of hydrogen-bond acceptors (Lipinski definition) is 5. The van der Waals surface area contributed by atoms with Crippen molar-refractivity contribution in [1.29, 1.82) is 0 Å². The van der Waals surface area contributed by atoms with E-state index in [4.69, 9.17) is 9.84 Å². The Hall–Kier alpha value is -2.02. The molecular formula is C11H15N3O4. The predicted molar refractivity (Wildman–Crippen MR) is 63.3 cm³/mol. The quantitative estimate of drug-likeness (QED) is 0.701. The van der Waals surface area contributed by atoms with Gasteiger partial charge < -0.3 is 15.2 Å². The Morgan fingerprint density at radius 3 is 2.78 bits per heavy atom. The third-order valence-electron chi connectivity index (χ3n) is 2.06. The monoisotopic (exact) mass is 253 g/mol. The first-order valence-electron chi connectivity index (χ1n) is 5.57. The second-order valence-corrected chi connectivity index (χ2v) is 3.41. The van der Waals surface area contributed by atoms with Gasteiger partial charge >= 0.3 is 5.97 Å². The van der Waals surface area contributed by atoms with E-state index < -0.39 is 5.97 Å². The number of nitrogens with zero attached hydrogens (tertiary/aromatic N) is 2. The van der Waals surface area contributed by atoms with Crippen molar-refractivity contribution in [3.63, 3.8) is 0 Å². The topological polar surface area (TPSA) is 101 Å². The number of aromatic carboxylic acids is 1. The van der Waals surface area contributed by atoms with Crippen LogP contribution < -0.4 is 5.32 Å². The van der Waals surface area contributed by atoms with Gasteiger partial charge in [-0.05, 0) is 13.3 Å². The van der Waals surface area contributed by atoms with Gasteiger partial charge in [0.25, 0.3) is 0 Å². The Bertz CT molecular complexity index is 423. The number of rotatable bonds is 7. The van der Waals surface area contributed by atoms with E-state index in [1.54, 1.807) is 0 Å². The molecule has 1 amide bonds. The number of carbonyl (C=O) groups is 2. The summed E-state index contributed by atoms with van der Waals surface area (Å²) in [6, 6.07) is 0. The maximum Gasteiger partial charge on any atom is 0.358 e. The minimum Gasteiger partial charge on any atom is -0.476 e. The van der Waals surface area contributed by atoms with Crippen molar-refractivity contribution in [3.05, 3.63) is 18.1 Å². The smallest absolute Gasteiger partial charge is 0.358 e. The maximum atomic E-state index is 11.5. The molecule has 0 fully saturated rings. The van der Waals surface area contributed by atoms with Crippen molar-refractivity contribution in [1.82, 2.24) is 9.97 Å². The van der Waals surface area contributed by atoms with Gasteiger partial charge in [-0.2, -0.15) is 0 Å². The molecule has 7 heteroatoms. The Kier molecular flexibility index (Phi) is 5.72. The molecule has 2 N–H and O–H groups in total. The van der Waals surface area contributed by atoms with E-state index in [0.717, 1.165) is 0 Å². The van der Waals surface area contributed by atoms with Gasteiger partial charge in [0.15, 0.2) is 11.5 Å². The summed E-state index contributed by atoms with van der Waals surface area (Å²) in [5.41, 5.74) is -0.268. The van der Waals surface area contributed by atoms with E-state index in [1.165, 1.54) is 12.4 Å². The Balaban J connectivity index is 2.51. The number of carboxylic acids is 1. The molecule has 98 valence electrons. The summed E-state index contributed by atoms with van der Waals surface area (Å²) >= 11 is 0. The average molecular weight is 253 g/mol. The van der Waals surface area contributed by atoms with E-state index in [1.807, 2.05) is 6.92 Å². The van der Waals surface area contributed by atoms with Crippen molar-refractivity contribution in [2.45, 2.75) is 19.8 Å². The van der Waals surface area contributed by atoms with Crippen LogP contribution in [0.2, 0.25) is 0 Å². The number of carbonyl (C=O) groups excluding carboxylic acids is 1. The second-order valence-electron chi connectivity index (χ2n) is 3.41. The third kappa shape index (κ3) is 4.46. The van der Waals surface area contributed by atoms with Crippen molar-refractivity contribution in [3.8, 4) is 0 Å². The molecule has 0 saturated heterocycles. The minimum atomic E-state index is -1.23. The van der Waals surface area contributed by atoms with Crippen LogP contribution in [0, 0.1) is 0 Å². The van der Waals surface area contributed by atoms with Crippen LogP contribution in [0.25, 0.3) is 0 Å². The molecule has 0 saturated carbocycles. The molecule has 1 aromatic rings. The molecule has 18 heavy (non-hydrogen) atoms. The lowest BCUT2D eigenvalue weighted by molar-refractivity contribution is -0.116. The lowest BCUT2D eigenvalue weighted by Crippen LogP contribution is -2.17. The zero-order valence-electron chi connectivity index (χ0n) is 10.0. The first-order chi connectivity index (χ1) is 8.65. The normalized spacial score (nSPS) is 10.1. The molecule has 0 spiro atoms. The van der Waals surface area contributed by atoms with Crippen molar-refractivity contribution in [2.75, 3.05) is 18.5 Å². The zero-order chi connectivity index (χ0) is 13.4. The van der Waals surface area contributed by atoms with Gasteiger partial charge in [-0.1, -0.05) is 0 Å². The first-order valence-corrected chi connectivity index (χ1v) is 5.57. The highest BCUT2D eigenvalue weighted by Crippen LogP contribution is 2.08. The summed E-state index contributed by atoms with van der Waals surface area (Å²) in [5.74, 6) is -1.57. The Labute approximate surface area is 104 Å². The van der Waals surface area contributed by atoms with Crippen LogP contribution in [-0.2, 0) is 9.53 Å². The highest BCUT2D eigenvalue weighted by atomic mass is 16.5. The Morgan fingerprint density at radius 2 is 2.11 bits per heavy atom. The van der Waals surface area contributed by atoms with Gasteiger partial charge in [0, 0.05) is 32.0 Å². The molecule has 1 heterocycles. The largest absolute Gasteiger partial charge is 0.476 e. The first kappa shape index (κ1) is 14.0. The summed E-state index contributed by atoms with van der Waals surface area (Å²) < 4.78 is 5.09. The molecule has 0 aromatic carbocycles. The molecule has 0 aliphatic carbocycles. The van der Waals surface area contributed by atoms with Gasteiger partial charge in [-0.3, -0.25) is 4.79 Å². The van der Waals surface area contributed by atoms with E-state index in [9.17, 15) is 9.59 Å². The number of hydrogen-bond donors (Lipinski definition) is 2. The fraction of sp³-hybridized carbons (Fsp3) is 0.455. The highest BCUT2D eigenvalue weighted by molar-refractivity contribution is 5.97. The molecule has 0 aliphatic rings. The third-order valence-corrected chi connectivity index (χ3v) is 2.06. The molecule has 0 unspecified atom stereocenters. The van der Waals surface area contributed by atoms with E-state index >= 15 is 0 Å². The van der Waals surface area contributed by atoms with Gasteiger partial charge in [-0.25, -0.2) is 14.8 Å². The average Bonchev–Trinajstić information content (AvgIpc) is 2.35. The fourth-order valence-corrected chi connectivity index (χ4v) is 1.26. The Morgan fingerprint density at radius 1 is 1.39 bits per heavy atom. The van der Waals surface area contributed by atoms with Crippen LogP contribution in [0.3, 0.4) is 0 Å². The summed E-state index contributed by atoms with van der Waals surface area (Å²) in [6.07, 6.45) is 3.40. The van der Waals surface area contributed by atoms with E-state index in [0.29, 0.717) is 19.6 Å². The summed E-state index contributed by atoms with van der Waals surface area (Å²) in [5, 5.41) is 11.3. The van der Waals surface area contributed by atoms with Crippen LogP contribution in [0.5, 0.6) is 0 Å². The van der Waals surface area contributed by atoms with Crippen LogP contribution in [-0.4, -0.2) is 40.2 Å². The fourth-order valence-electron chi connectivity index (χ4n) is 1.26. The van der Waals surface area contributed by atoms with Crippen molar-refractivity contribution >= 4 is 17.7 Å². The van der Waals surface area contributed by atoms with Crippen LogP contribution in [0.1, 0.15) is 30.3 Å². The van der Waals surface area contributed by atoms with Gasteiger partial charge in [-0.15, -0.1) is 0 Å². The molecule has 7 nitrogen and oxygen atoms in total. The number of ether oxygens (including phenoxy) is 1. The summed E-state index contributed by atoms with van der Waals surface area (Å²) in [6.45, 7) is 2.98. The molecule has 0 atom stereocenters. The number of amides is 1. The highest BCUT2D eigenvalue weighted by Gasteiger charge is 2.14. The number of nitrogens with one attached hydrogen (secondary N) is 1. The second kappa shape index (κ2) is 7.33. The summed E-state index contributed by atoms with van der Waals surface area (Å²) in [4.78, 5) is 29.8. The van der Waals surface area contributed by atoms with Gasteiger partial charge in [0.2, 0.25) is 5.91 Å². The van der Waals surface area contributed by atoms with Crippen molar-refractivity contribution in [2.24, 2.45) is 0 Å². The van der Waals surface area contributed by atoms with Crippen LogP contribution in [0.15, 0.2) is 12.4 Å². The lowest BCUT2D eigenvalue weighted by atomic mass is 10.3. The van der Waals surface area contributed by atoms with Crippen molar-refractivity contribution < 1.29 is 19.4 Å². The molecule has 0 radical (unpaired) electrons. The molecule has 1 aromatic heterocycles. The lowest BCUT2D eigenvalue weighted by Gasteiger charge is -2.06. The number of anilines is 1. The van der Waals surface area contributed by atoms with Crippen LogP contribution >= 0.6 is 0 Å². The predicted octanol–water partition coefficient (Wildman–Crippen LogP) is 0.930. The molecule has 0 bridgehead atoms. The molecule has 0 aliphatic heterocycles. The minimum absolute atomic E-state index is 0.0357. The molecule has 1 rings (SSSR count). The number of aromatic nitrogens is 2.